The van der Waals surface area contributed by atoms with Crippen LogP contribution in [0.5, 0.6) is 0 Å². The van der Waals surface area contributed by atoms with Crippen LogP contribution in [0.4, 0.5) is 0 Å². The predicted molar refractivity (Wildman–Crippen MR) is 295 cm³/mol. The van der Waals surface area contributed by atoms with Gasteiger partial charge in [0.05, 0.1) is 32.0 Å². The maximum absolute atomic E-state index is 13.2. The summed E-state index contributed by atoms with van der Waals surface area (Å²) < 4.78 is 22.7. The summed E-state index contributed by atoms with van der Waals surface area (Å²) in [6.45, 7) is 2.81. The van der Waals surface area contributed by atoms with Crippen molar-refractivity contribution in [2.24, 2.45) is 0 Å². The number of nitrogens with one attached hydrogen (secondary N) is 1. The number of carbonyl (C=O) groups excluding carboxylic acids is 1. The molecule has 9 N–H and O–H groups in total. The van der Waals surface area contributed by atoms with Gasteiger partial charge in [-0.05, 0) is 19.3 Å². The molecular weight excluding hydrogens is 943 g/mol. The summed E-state index contributed by atoms with van der Waals surface area (Å²) >= 11 is 0. The minimum atomic E-state index is -1.78. The lowest BCUT2D eigenvalue weighted by molar-refractivity contribution is -0.359. The number of carbonyl (C=O) groups is 1. The maximum atomic E-state index is 13.2. The van der Waals surface area contributed by atoms with Crippen LogP contribution >= 0.6 is 0 Å². The predicted octanol–water partition coefficient (Wildman–Crippen LogP) is 10.7. The fourth-order valence-electron chi connectivity index (χ4n) is 10.5. The van der Waals surface area contributed by atoms with Crippen LogP contribution in [0.25, 0.3) is 0 Å². The SMILES string of the molecule is CCCCCCCCCCC/C=C/[C@@H](O)[C@H](CO[C@@H]1O[C@H](CO)[C@@H](O[C@@H]2O[C@H](CO)[C@H](O)C(O)C2O)C(O)C1O)NC(=O)CCCCCCCCCCCCCCCCCCCCCCCCCCCCCCC. The summed E-state index contributed by atoms with van der Waals surface area (Å²) in [4.78, 5) is 13.2. The first-order chi connectivity index (χ1) is 36.1. The van der Waals surface area contributed by atoms with E-state index in [1.165, 1.54) is 205 Å². The molecular formula is C60H115NO13. The minimum Gasteiger partial charge on any atom is -0.394 e. The Morgan fingerprint density at radius 3 is 1.24 bits per heavy atom. The molecule has 1 amide bonds. The molecule has 0 aliphatic carbocycles. The molecule has 74 heavy (non-hydrogen) atoms. The summed E-state index contributed by atoms with van der Waals surface area (Å²) in [6, 6.07) is -0.908. The number of unbranched alkanes of at least 4 members (excludes halogenated alkanes) is 37. The third-order valence-corrected chi connectivity index (χ3v) is 15.5. The summed E-state index contributed by atoms with van der Waals surface area (Å²) in [6.07, 6.45) is 37.1. The summed E-state index contributed by atoms with van der Waals surface area (Å²) in [5, 5.41) is 86.9. The van der Waals surface area contributed by atoms with Crippen molar-refractivity contribution in [1.29, 1.82) is 0 Å². The Bertz CT molecular complexity index is 1290. The standard InChI is InChI=1S/C60H115NO13/c1-3-5-7-9-11-13-15-16-17-18-19-20-21-22-23-24-25-26-27-28-29-30-31-32-34-36-38-40-42-44-52(65)61-48(49(64)43-41-39-37-35-33-14-12-10-8-6-4-2)47-71-59-57(70)55(68)58(51(46-63)73-59)74-60-56(69)54(67)53(66)50(45-62)72-60/h41,43,48-51,53-60,62-64,66-70H,3-40,42,44-47H2,1-2H3,(H,61,65)/b43-41+/t48-,49+,50+,51+,53-,54?,55?,56?,57?,58+,59+,60-/m0/s1. The van der Waals surface area contributed by atoms with E-state index in [1.54, 1.807) is 6.08 Å². The molecule has 2 saturated heterocycles. The average Bonchev–Trinajstić information content (AvgIpc) is 3.40. The van der Waals surface area contributed by atoms with Crippen molar-refractivity contribution in [3.63, 3.8) is 0 Å². The van der Waals surface area contributed by atoms with Gasteiger partial charge in [0.25, 0.3) is 0 Å². The molecule has 2 fully saturated rings. The third kappa shape index (κ3) is 32.0. The van der Waals surface area contributed by atoms with Crippen molar-refractivity contribution in [2.75, 3.05) is 19.8 Å². The molecule has 12 atom stereocenters. The van der Waals surface area contributed by atoms with Crippen molar-refractivity contribution in [3.05, 3.63) is 12.2 Å². The van der Waals surface area contributed by atoms with Crippen molar-refractivity contribution in [1.82, 2.24) is 5.32 Å². The molecule has 14 heteroatoms. The lowest BCUT2D eigenvalue weighted by Gasteiger charge is -2.46. The van der Waals surface area contributed by atoms with Crippen molar-refractivity contribution in [3.8, 4) is 0 Å². The summed E-state index contributed by atoms with van der Waals surface area (Å²) in [5.74, 6) is -0.235. The number of hydrogen-bond donors (Lipinski definition) is 9. The Kier molecular flexibility index (Phi) is 43.4. The molecule has 2 aliphatic rings. The smallest absolute Gasteiger partial charge is 0.220 e. The monoisotopic (exact) mass is 1060 g/mol. The van der Waals surface area contributed by atoms with Crippen LogP contribution in [-0.4, -0.2) is 140 Å². The highest BCUT2D eigenvalue weighted by molar-refractivity contribution is 5.76. The van der Waals surface area contributed by atoms with Crippen LogP contribution in [0, 0.1) is 0 Å². The quantitative estimate of drug-likeness (QED) is 0.0204. The highest BCUT2D eigenvalue weighted by atomic mass is 16.7. The fourth-order valence-corrected chi connectivity index (χ4v) is 10.5. The first kappa shape index (κ1) is 68.8. The molecule has 4 unspecified atom stereocenters. The molecule has 2 aliphatic heterocycles. The van der Waals surface area contributed by atoms with Gasteiger partial charge in [0, 0.05) is 6.42 Å². The van der Waals surface area contributed by atoms with Gasteiger partial charge < -0.3 is 65.1 Å². The third-order valence-electron chi connectivity index (χ3n) is 15.5. The first-order valence-electron chi connectivity index (χ1n) is 30.9. The van der Waals surface area contributed by atoms with E-state index in [1.807, 2.05) is 6.08 Å². The lowest BCUT2D eigenvalue weighted by Crippen LogP contribution is -2.65. The Balaban J connectivity index is 1.64. The number of aliphatic hydroxyl groups excluding tert-OH is 8. The molecule has 0 aromatic carbocycles. The van der Waals surface area contributed by atoms with Gasteiger partial charge in [-0.3, -0.25) is 4.79 Å². The van der Waals surface area contributed by atoms with E-state index in [9.17, 15) is 45.6 Å². The van der Waals surface area contributed by atoms with Crippen molar-refractivity contribution in [2.45, 2.75) is 344 Å². The van der Waals surface area contributed by atoms with E-state index in [4.69, 9.17) is 18.9 Å². The highest BCUT2D eigenvalue weighted by Crippen LogP contribution is 2.30. The Hall–Kier alpha value is -1.27. The van der Waals surface area contributed by atoms with E-state index in [2.05, 4.69) is 19.2 Å². The maximum Gasteiger partial charge on any atom is 0.220 e. The van der Waals surface area contributed by atoms with Gasteiger partial charge in [-0.15, -0.1) is 0 Å². The fraction of sp³-hybridized carbons (Fsp3) is 0.950. The van der Waals surface area contributed by atoms with Gasteiger partial charge in [0.1, 0.15) is 48.8 Å². The largest absolute Gasteiger partial charge is 0.394 e. The normalized spacial score (nSPS) is 25.2. The molecule has 0 saturated carbocycles. The van der Waals surface area contributed by atoms with Gasteiger partial charge in [-0.25, -0.2) is 0 Å². The van der Waals surface area contributed by atoms with Gasteiger partial charge in [0.2, 0.25) is 5.91 Å². The van der Waals surface area contributed by atoms with Crippen molar-refractivity contribution >= 4 is 5.91 Å². The molecule has 0 bridgehead atoms. The molecule has 438 valence electrons. The van der Waals surface area contributed by atoms with Crippen LogP contribution in [0.3, 0.4) is 0 Å². The van der Waals surface area contributed by atoms with E-state index in [-0.39, 0.29) is 18.9 Å². The molecule has 0 radical (unpaired) electrons. The number of allylic oxidation sites excluding steroid dienone is 1. The Labute approximate surface area is 450 Å². The van der Waals surface area contributed by atoms with E-state index < -0.39 is 86.8 Å². The van der Waals surface area contributed by atoms with Crippen LogP contribution in [0.2, 0.25) is 0 Å². The number of aliphatic hydroxyl groups is 8. The summed E-state index contributed by atoms with van der Waals surface area (Å²) in [5.41, 5.74) is 0. The molecule has 0 aromatic rings. The zero-order valence-corrected chi connectivity index (χ0v) is 47.1. The van der Waals surface area contributed by atoms with Crippen LogP contribution in [0.1, 0.15) is 271 Å². The minimum absolute atomic E-state index is 0.235. The second kappa shape index (κ2) is 46.6. The zero-order chi connectivity index (χ0) is 53.9. The molecule has 14 nitrogen and oxygen atoms in total. The van der Waals surface area contributed by atoms with Gasteiger partial charge in [-0.2, -0.15) is 0 Å². The Morgan fingerprint density at radius 1 is 0.473 bits per heavy atom. The highest BCUT2D eigenvalue weighted by Gasteiger charge is 2.51. The average molecular weight is 1060 g/mol. The van der Waals surface area contributed by atoms with E-state index in [0.29, 0.717) is 6.42 Å². The molecule has 0 aromatic heterocycles. The molecule has 2 rings (SSSR count). The molecule has 2 heterocycles. The van der Waals surface area contributed by atoms with Crippen LogP contribution < -0.4 is 5.32 Å². The second-order valence-corrected chi connectivity index (χ2v) is 22.2. The van der Waals surface area contributed by atoms with Gasteiger partial charge in [-0.1, -0.05) is 257 Å². The number of ether oxygens (including phenoxy) is 4. The zero-order valence-electron chi connectivity index (χ0n) is 47.1. The van der Waals surface area contributed by atoms with E-state index in [0.717, 1.165) is 38.5 Å². The lowest BCUT2D eigenvalue weighted by atomic mass is 9.97. The molecule has 0 spiro atoms. The Morgan fingerprint density at radius 2 is 0.838 bits per heavy atom. The van der Waals surface area contributed by atoms with Crippen LogP contribution in [0.15, 0.2) is 12.2 Å². The van der Waals surface area contributed by atoms with Gasteiger partial charge in [0.15, 0.2) is 12.6 Å². The summed E-state index contributed by atoms with van der Waals surface area (Å²) in [7, 11) is 0. The number of rotatable bonds is 50. The van der Waals surface area contributed by atoms with Crippen LogP contribution in [-0.2, 0) is 23.7 Å². The number of hydrogen-bond acceptors (Lipinski definition) is 13. The van der Waals surface area contributed by atoms with Crippen molar-refractivity contribution < 1.29 is 64.6 Å². The first-order valence-corrected chi connectivity index (χ1v) is 30.9. The number of amides is 1. The topological polar surface area (TPSA) is 228 Å². The van der Waals surface area contributed by atoms with E-state index >= 15 is 0 Å². The second-order valence-electron chi connectivity index (χ2n) is 22.2. The van der Waals surface area contributed by atoms with Gasteiger partial charge >= 0.3 is 0 Å².